The van der Waals surface area contributed by atoms with Crippen molar-refractivity contribution in [2.45, 2.75) is 12.8 Å². The molecule has 6 nitrogen and oxygen atoms in total. The van der Waals surface area contributed by atoms with E-state index in [2.05, 4.69) is 14.7 Å². The molecule has 0 spiro atoms. The van der Waals surface area contributed by atoms with Crippen LogP contribution in [0.25, 0.3) is 0 Å². The average molecular weight is 446 g/mol. The van der Waals surface area contributed by atoms with E-state index in [1.54, 1.807) is 25.3 Å². The maximum Gasteiger partial charge on any atom is 0.298 e. The van der Waals surface area contributed by atoms with Gasteiger partial charge in [0.1, 0.15) is 0 Å². The van der Waals surface area contributed by atoms with Gasteiger partial charge < -0.3 is 14.8 Å². The largest absolute Gasteiger partial charge is 0.493 e. The van der Waals surface area contributed by atoms with Crippen LogP contribution in [-0.2, 0) is 12.8 Å². The van der Waals surface area contributed by atoms with Crippen LogP contribution < -0.4 is 14.8 Å². The van der Waals surface area contributed by atoms with Gasteiger partial charge in [-0.05, 0) is 35.7 Å². The number of hydrogen-bond acceptors (Lipinski definition) is 6. The summed E-state index contributed by atoms with van der Waals surface area (Å²) in [5, 5.41) is 3.35. The molecule has 1 heterocycles. The molecule has 0 saturated carbocycles. The molecule has 0 fully saturated rings. The Kier molecular flexibility index (Phi) is 7.09. The fourth-order valence-electron chi connectivity index (χ4n) is 3.19. The summed E-state index contributed by atoms with van der Waals surface area (Å²) in [5.74, 6) is 1.46. The topological polar surface area (TPSA) is 73.3 Å². The lowest BCUT2D eigenvalue weighted by Gasteiger charge is -2.10. The number of methoxy groups -OCH3 is 1. The first-order valence-electron chi connectivity index (χ1n) is 10.3. The molecule has 162 valence electrons. The lowest BCUT2D eigenvalue weighted by atomic mass is 10.1. The zero-order valence-electron chi connectivity index (χ0n) is 17.7. The van der Waals surface area contributed by atoms with Crippen LogP contribution in [0.1, 0.15) is 27.3 Å². The van der Waals surface area contributed by atoms with Crippen LogP contribution in [0.2, 0.25) is 0 Å². The zero-order chi connectivity index (χ0) is 22.2. The average Bonchev–Trinajstić information content (AvgIpc) is 3.27. The molecular weight excluding hydrogens is 422 g/mol. The van der Waals surface area contributed by atoms with Gasteiger partial charge >= 0.3 is 0 Å². The molecule has 32 heavy (non-hydrogen) atoms. The van der Waals surface area contributed by atoms with Crippen molar-refractivity contribution in [1.29, 1.82) is 0 Å². The Morgan fingerprint density at radius 1 is 0.938 bits per heavy atom. The molecule has 7 heteroatoms. The Bertz CT molecular complexity index is 1160. The summed E-state index contributed by atoms with van der Waals surface area (Å²) in [7, 11) is 1.56. The highest BCUT2D eigenvalue weighted by Crippen LogP contribution is 2.33. The fourth-order valence-corrected chi connectivity index (χ4v) is 3.75. The number of amides is 1. The number of aromatic nitrogens is 2. The number of benzene rings is 3. The lowest BCUT2D eigenvalue weighted by Crippen LogP contribution is -2.25. The maximum atomic E-state index is 12.6. The minimum atomic E-state index is -0.171. The minimum absolute atomic E-state index is 0.171. The van der Waals surface area contributed by atoms with E-state index in [0.29, 0.717) is 41.0 Å². The van der Waals surface area contributed by atoms with Crippen LogP contribution in [0.4, 0.5) is 0 Å². The summed E-state index contributed by atoms with van der Waals surface area (Å²) in [5.41, 5.74) is 2.79. The molecule has 1 aromatic heterocycles. The highest BCUT2D eigenvalue weighted by atomic mass is 32.1. The number of carbonyl (C=O) groups excluding carboxylic acids is 1. The van der Waals surface area contributed by atoms with Crippen LogP contribution in [0.3, 0.4) is 0 Å². The molecular formula is C25H23N3O3S. The Hall–Kier alpha value is -3.71. The molecule has 1 amide bonds. The second-order valence-corrected chi connectivity index (χ2v) is 7.81. The summed E-state index contributed by atoms with van der Waals surface area (Å²) in [6.07, 6.45) is 1.39. The molecule has 4 aromatic rings. The van der Waals surface area contributed by atoms with Gasteiger partial charge in [-0.25, -0.2) is 0 Å². The van der Waals surface area contributed by atoms with Crippen LogP contribution in [0.15, 0.2) is 78.9 Å². The Morgan fingerprint density at radius 3 is 2.38 bits per heavy atom. The van der Waals surface area contributed by atoms with Crippen molar-refractivity contribution in [3.8, 4) is 16.7 Å². The quantitative estimate of drug-likeness (QED) is 0.397. The van der Waals surface area contributed by atoms with Gasteiger partial charge in [0.2, 0.25) is 0 Å². The molecule has 1 N–H and O–H groups in total. The number of ether oxygens (including phenoxy) is 2. The van der Waals surface area contributed by atoms with Gasteiger partial charge in [-0.1, -0.05) is 60.7 Å². The third-order valence-electron chi connectivity index (χ3n) is 4.82. The van der Waals surface area contributed by atoms with E-state index in [9.17, 15) is 4.79 Å². The number of nitrogens with one attached hydrogen (secondary N) is 1. The summed E-state index contributed by atoms with van der Waals surface area (Å²) in [6, 6.07) is 25.1. The van der Waals surface area contributed by atoms with Crippen LogP contribution in [0, 0.1) is 0 Å². The van der Waals surface area contributed by atoms with E-state index in [-0.39, 0.29) is 5.91 Å². The molecule has 0 aliphatic carbocycles. The van der Waals surface area contributed by atoms with Crippen molar-refractivity contribution in [3.05, 3.63) is 101 Å². The van der Waals surface area contributed by atoms with E-state index >= 15 is 0 Å². The van der Waals surface area contributed by atoms with Crippen LogP contribution in [-0.4, -0.2) is 28.9 Å². The molecule has 4 rings (SSSR count). The van der Waals surface area contributed by atoms with Gasteiger partial charge in [0.25, 0.3) is 11.1 Å². The Morgan fingerprint density at radius 2 is 1.66 bits per heavy atom. The summed E-state index contributed by atoms with van der Waals surface area (Å²) in [6.45, 7) is 0.546. The van der Waals surface area contributed by atoms with Gasteiger partial charge in [0, 0.05) is 30.1 Å². The van der Waals surface area contributed by atoms with Crippen LogP contribution >= 0.6 is 11.5 Å². The molecule has 0 unspecified atom stereocenters. The molecule has 0 radical (unpaired) electrons. The number of hydrogen-bond donors (Lipinski definition) is 1. The Labute approximate surface area is 191 Å². The van der Waals surface area contributed by atoms with E-state index < -0.39 is 0 Å². The lowest BCUT2D eigenvalue weighted by molar-refractivity contribution is 0.0953. The molecule has 0 aliphatic heterocycles. The number of carbonyl (C=O) groups is 1. The van der Waals surface area contributed by atoms with Crippen molar-refractivity contribution in [2.75, 3.05) is 13.7 Å². The normalized spacial score (nSPS) is 10.5. The first-order valence-corrected chi connectivity index (χ1v) is 11.0. The van der Waals surface area contributed by atoms with E-state index in [4.69, 9.17) is 9.47 Å². The van der Waals surface area contributed by atoms with E-state index in [0.717, 1.165) is 12.0 Å². The first kappa shape index (κ1) is 21.5. The smallest absolute Gasteiger partial charge is 0.298 e. The first-order chi connectivity index (χ1) is 15.7. The monoisotopic (exact) mass is 445 g/mol. The SMILES string of the molecule is COc1ccc(C(=O)NCCc2ccccc2)cc1Oc1nc(Cc2ccccc2)ns1. The van der Waals surface area contributed by atoms with E-state index in [1.807, 2.05) is 60.7 Å². The number of rotatable bonds is 9. The maximum absolute atomic E-state index is 12.6. The predicted octanol–water partition coefficient (Wildman–Crippen LogP) is 4.90. The molecule has 3 aromatic carbocycles. The third-order valence-corrected chi connectivity index (χ3v) is 5.45. The van der Waals surface area contributed by atoms with Gasteiger partial charge in [-0.3, -0.25) is 4.79 Å². The van der Waals surface area contributed by atoms with Gasteiger partial charge in [-0.2, -0.15) is 9.36 Å². The Balaban J connectivity index is 1.41. The number of nitrogens with zero attached hydrogens (tertiary/aromatic N) is 2. The summed E-state index contributed by atoms with van der Waals surface area (Å²) in [4.78, 5) is 17.1. The van der Waals surface area contributed by atoms with Crippen molar-refractivity contribution in [2.24, 2.45) is 0 Å². The molecule has 0 aliphatic rings. The van der Waals surface area contributed by atoms with Gasteiger partial charge in [-0.15, -0.1) is 0 Å². The molecule has 0 bridgehead atoms. The molecule has 0 saturated heterocycles. The molecule has 0 atom stereocenters. The van der Waals surface area contributed by atoms with E-state index in [1.165, 1.54) is 17.1 Å². The summed E-state index contributed by atoms with van der Waals surface area (Å²) < 4.78 is 15.7. The van der Waals surface area contributed by atoms with Crippen molar-refractivity contribution in [1.82, 2.24) is 14.7 Å². The second kappa shape index (κ2) is 10.5. The predicted molar refractivity (Wildman–Crippen MR) is 125 cm³/mol. The second-order valence-electron chi connectivity index (χ2n) is 7.10. The minimum Gasteiger partial charge on any atom is -0.493 e. The highest BCUT2D eigenvalue weighted by molar-refractivity contribution is 7.07. The van der Waals surface area contributed by atoms with Crippen molar-refractivity contribution < 1.29 is 14.3 Å². The zero-order valence-corrected chi connectivity index (χ0v) is 18.5. The third kappa shape index (κ3) is 5.70. The fraction of sp³-hybridized carbons (Fsp3) is 0.160. The van der Waals surface area contributed by atoms with Gasteiger partial charge in [0.05, 0.1) is 7.11 Å². The standard InChI is InChI=1S/C25H23N3O3S/c1-30-21-13-12-20(24(29)26-15-14-18-8-4-2-5-9-18)17-22(21)31-25-27-23(28-32-25)16-19-10-6-3-7-11-19/h2-13,17H,14-16H2,1H3,(H,26,29). The van der Waals surface area contributed by atoms with Crippen molar-refractivity contribution in [3.63, 3.8) is 0 Å². The highest BCUT2D eigenvalue weighted by Gasteiger charge is 2.14. The van der Waals surface area contributed by atoms with Gasteiger partial charge in [0.15, 0.2) is 17.3 Å². The summed E-state index contributed by atoms with van der Waals surface area (Å²) >= 11 is 1.17. The van der Waals surface area contributed by atoms with Crippen LogP contribution in [0.5, 0.6) is 16.7 Å². The van der Waals surface area contributed by atoms with Crippen molar-refractivity contribution >= 4 is 17.4 Å².